The Morgan fingerprint density at radius 3 is 1.33 bits per heavy atom. The summed E-state index contributed by atoms with van der Waals surface area (Å²) in [7, 11) is 0. The van der Waals surface area contributed by atoms with Crippen molar-refractivity contribution >= 4 is 51.9 Å². The number of hydrogen-bond acceptors (Lipinski definition) is 6. The van der Waals surface area contributed by atoms with Gasteiger partial charge in [0.1, 0.15) is 0 Å². The molecule has 0 unspecified atom stereocenters. The van der Waals surface area contributed by atoms with Gasteiger partial charge in [0.05, 0.1) is 22.8 Å². The molecule has 8 bridgehead atoms. The molecular formula is C40H46N8. The van der Waals surface area contributed by atoms with Crippen LogP contribution in [0.15, 0.2) is 42.6 Å². The molecule has 0 amide bonds. The number of piperidine rings is 3. The molecule has 3 aromatic rings. The third kappa shape index (κ3) is 5.55. The fraction of sp³-hybridized carbons (Fsp3) is 0.400. The highest BCUT2D eigenvalue weighted by atomic mass is 14.9. The van der Waals surface area contributed by atoms with E-state index in [1.807, 2.05) is 0 Å². The molecule has 6 N–H and O–H groups in total. The zero-order chi connectivity index (χ0) is 31.9. The summed E-state index contributed by atoms with van der Waals surface area (Å²) in [6, 6.07) is 9.14. The van der Waals surface area contributed by atoms with Crippen LogP contribution in [0.2, 0.25) is 0 Å². The molecule has 6 aliphatic rings. The van der Waals surface area contributed by atoms with E-state index in [9.17, 15) is 0 Å². The third-order valence-electron chi connectivity index (χ3n) is 11.2. The number of H-pyrrole nitrogens is 2. The second-order valence-electron chi connectivity index (χ2n) is 14.1. The molecule has 6 aliphatic heterocycles. The van der Waals surface area contributed by atoms with Gasteiger partial charge in [-0.25, -0.2) is 9.97 Å². The number of rotatable bonds is 4. The summed E-state index contributed by atoms with van der Waals surface area (Å²) in [5.74, 6) is 1.30. The summed E-state index contributed by atoms with van der Waals surface area (Å²) >= 11 is 0. The van der Waals surface area contributed by atoms with Crippen molar-refractivity contribution in [1.29, 1.82) is 0 Å². The predicted molar refractivity (Wildman–Crippen MR) is 199 cm³/mol. The van der Waals surface area contributed by atoms with Gasteiger partial charge in [0.2, 0.25) is 0 Å². The summed E-state index contributed by atoms with van der Waals surface area (Å²) in [6.45, 7) is 7.01. The quantitative estimate of drug-likeness (QED) is 0.133. The molecule has 246 valence electrons. The number of nitrogens with zero attached hydrogens (tertiary/aromatic N) is 2. The topological polar surface area (TPSA) is 105 Å². The van der Waals surface area contributed by atoms with Crippen molar-refractivity contribution in [3.63, 3.8) is 0 Å². The summed E-state index contributed by atoms with van der Waals surface area (Å²) in [6.07, 6.45) is 22.3. The highest BCUT2D eigenvalue weighted by Gasteiger charge is 2.27. The zero-order valence-corrected chi connectivity index (χ0v) is 27.7. The second-order valence-corrected chi connectivity index (χ2v) is 14.1. The van der Waals surface area contributed by atoms with Crippen LogP contribution in [-0.2, 0) is 0 Å². The Kier molecular flexibility index (Phi) is 8.08. The molecule has 0 aromatic carbocycles. The second kappa shape index (κ2) is 13.0. The van der Waals surface area contributed by atoms with Gasteiger partial charge in [-0.1, -0.05) is 6.08 Å². The maximum Gasteiger partial charge on any atom is 0.0694 e. The van der Waals surface area contributed by atoms with Crippen LogP contribution < -0.4 is 21.3 Å². The molecule has 3 saturated heterocycles. The van der Waals surface area contributed by atoms with Gasteiger partial charge in [-0.3, -0.25) is 0 Å². The van der Waals surface area contributed by atoms with Crippen molar-refractivity contribution in [3.8, 4) is 0 Å². The third-order valence-corrected chi connectivity index (χ3v) is 11.2. The maximum absolute atomic E-state index is 5.52. The van der Waals surface area contributed by atoms with Gasteiger partial charge in [-0.05, 0) is 162 Å². The van der Waals surface area contributed by atoms with Crippen LogP contribution in [0.3, 0.4) is 0 Å². The molecule has 8 heteroatoms. The minimum Gasteiger partial charge on any atom is -0.387 e. The molecule has 3 fully saturated rings. The average Bonchev–Trinajstić information content (AvgIpc) is 3.98. The van der Waals surface area contributed by atoms with Gasteiger partial charge in [0, 0.05) is 50.9 Å². The standard InChI is InChI=1S/C40H46N8/c1-2-30-38(26-11-19-42-20-12-26)32-5-6-34(47-32)40(28-15-23-44-24-16-28)36-8-7-35(48-36)39(27-13-21-43-22-14-27)33-4-3-31(46-33)37(29(1)45-30)25-9-17-41-18-10-25/h1-10,17,26-28,41-46H,11-16,18-24H2. The van der Waals surface area contributed by atoms with Crippen LogP contribution in [0.5, 0.6) is 0 Å². The van der Waals surface area contributed by atoms with Crippen molar-refractivity contribution in [1.82, 2.24) is 41.2 Å². The summed E-state index contributed by atoms with van der Waals surface area (Å²) < 4.78 is 0. The predicted octanol–water partition coefficient (Wildman–Crippen LogP) is 6.56. The average molecular weight is 639 g/mol. The Morgan fingerprint density at radius 2 is 0.896 bits per heavy atom. The number of aromatic nitrogens is 4. The van der Waals surface area contributed by atoms with Crippen molar-refractivity contribution in [2.45, 2.75) is 56.3 Å². The minimum atomic E-state index is 0.429. The lowest BCUT2D eigenvalue weighted by molar-refractivity contribution is 0.457. The molecular weight excluding hydrogens is 592 g/mol. The Labute approximate surface area is 282 Å². The molecule has 9 rings (SSSR count). The number of nitrogens with one attached hydrogen (secondary N) is 6. The summed E-state index contributed by atoms with van der Waals surface area (Å²) in [5, 5.41) is 14.1. The lowest BCUT2D eigenvalue weighted by atomic mass is 9.88. The first-order valence-corrected chi connectivity index (χ1v) is 18.2. The molecule has 9 heterocycles. The maximum atomic E-state index is 5.52. The molecule has 0 atom stereocenters. The normalized spacial score (nSPS) is 20.6. The number of dihydropyridines is 1. The Bertz CT molecular complexity index is 1870. The number of hydrogen-bond donors (Lipinski definition) is 6. The summed E-state index contributed by atoms with van der Waals surface area (Å²) in [4.78, 5) is 18.9. The first-order chi connectivity index (χ1) is 23.8. The number of fused-ring (bicyclic) bond motifs is 8. The van der Waals surface area contributed by atoms with E-state index < -0.39 is 0 Å². The lowest BCUT2D eigenvalue weighted by Crippen LogP contribution is -2.27. The van der Waals surface area contributed by atoms with Crippen LogP contribution in [0, 0.1) is 0 Å². The summed E-state index contributed by atoms with van der Waals surface area (Å²) in [5.41, 5.74) is 15.4. The van der Waals surface area contributed by atoms with Crippen molar-refractivity contribution in [2.24, 2.45) is 0 Å². The first-order valence-electron chi connectivity index (χ1n) is 18.2. The van der Waals surface area contributed by atoms with Crippen LogP contribution in [-0.4, -0.2) is 65.7 Å². The van der Waals surface area contributed by atoms with Gasteiger partial charge >= 0.3 is 0 Å². The molecule has 3 aromatic heterocycles. The van der Waals surface area contributed by atoms with E-state index in [1.165, 1.54) is 38.9 Å². The van der Waals surface area contributed by atoms with E-state index >= 15 is 0 Å². The molecule has 0 aliphatic carbocycles. The number of allylic oxidation sites excluding steroid dienone is 2. The minimum absolute atomic E-state index is 0.429. The largest absolute Gasteiger partial charge is 0.387 e. The first kappa shape index (κ1) is 29.9. The number of aromatic amines is 2. The lowest BCUT2D eigenvalue weighted by Gasteiger charge is -2.24. The van der Waals surface area contributed by atoms with Crippen LogP contribution in [0.25, 0.3) is 51.9 Å². The van der Waals surface area contributed by atoms with Crippen LogP contribution in [0.4, 0.5) is 0 Å². The monoisotopic (exact) mass is 638 g/mol. The SMILES string of the molecule is C1=CC(c2c3ccc([nH]3)c(C3CCNCC3)c3nc(c(C4CCNCC4)c4nc(c(C5CCNCC5)c5ccc2[nH]5)C=C4)C=C3)=CCN1. The van der Waals surface area contributed by atoms with Gasteiger partial charge in [0.15, 0.2) is 0 Å². The Morgan fingerprint density at radius 1 is 0.479 bits per heavy atom. The molecule has 0 radical (unpaired) electrons. The highest BCUT2D eigenvalue weighted by molar-refractivity contribution is 5.94. The van der Waals surface area contributed by atoms with E-state index in [0.717, 1.165) is 118 Å². The Hall–Kier alpha value is -4.24. The van der Waals surface area contributed by atoms with E-state index in [0.29, 0.717) is 17.8 Å². The van der Waals surface area contributed by atoms with Crippen molar-refractivity contribution < 1.29 is 0 Å². The van der Waals surface area contributed by atoms with Crippen LogP contribution in [0.1, 0.15) is 101 Å². The van der Waals surface area contributed by atoms with E-state index in [1.54, 1.807) is 0 Å². The molecule has 0 saturated carbocycles. The zero-order valence-electron chi connectivity index (χ0n) is 27.7. The van der Waals surface area contributed by atoms with Crippen molar-refractivity contribution in [2.75, 3.05) is 45.8 Å². The highest BCUT2D eigenvalue weighted by Crippen LogP contribution is 2.39. The van der Waals surface area contributed by atoms with E-state index in [2.05, 4.69) is 98.2 Å². The van der Waals surface area contributed by atoms with E-state index in [-0.39, 0.29) is 0 Å². The molecule has 8 nitrogen and oxygen atoms in total. The molecule has 48 heavy (non-hydrogen) atoms. The smallest absolute Gasteiger partial charge is 0.0694 e. The fourth-order valence-corrected chi connectivity index (χ4v) is 8.83. The van der Waals surface area contributed by atoms with Gasteiger partial charge < -0.3 is 31.2 Å². The van der Waals surface area contributed by atoms with Gasteiger partial charge in [-0.15, -0.1) is 0 Å². The fourth-order valence-electron chi connectivity index (χ4n) is 8.83. The van der Waals surface area contributed by atoms with Gasteiger partial charge in [0.25, 0.3) is 0 Å². The van der Waals surface area contributed by atoms with Crippen LogP contribution >= 0.6 is 0 Å². The molecule has 0 spiro atoms. The van der Waals surface area contributed by atoms with Gasteiger partial charge in [-0.2, -0.15) is 0 Å². The van der Waals surface area contributed by atoms with E-state index in [4.69, 9.17) is 9.97 Å². The van der Waals surface area contributed by atoms with Crippen molar-refractivity contribution in [3.05, 3.63) is 87.6 Å². The Balaban J connectivity index is 1.39.